The zero-order valence-corrected chi connectivity index (χ0v) is 13.1. The van der Waals surface area contributed by atoms with Gasteiger partial charge >= 0.3 is 0 Å². The second-order valence-corrected chi connectivity index (χ2v) is 5.77. The Balaban J connectivity index is 2.31. The summed E-state index contributed by atoms with van der Waals surface area (Å²) >= 11 is 0. The van der Waals surface area contributed by atoms with E-state index in [0.29, 0.717) is 18.1 Å². The molecule has 108 valence electrons. The van der Waals surface area contributed by atoms with E-state index in [1.54, 1.807) is 0 Å². The van der Waals surface area contributed by atoms with Crippen molar-refractivity contribution < 1.29 is 4.74 Å². The number of benzene rings is 1. The van der Waals surface area contributed by atoms with E-state index in [-0.39, 0.29) is 0 Å². The third-order valence-corrected chi connectivity index (χ3v) is 3.33. The van der Waals surface area contributed by atoms with Crippen LogP contribution in [0, 0.1) is 0 Å². The average molecular weight is 263 g/mol. The molecule has 1 aromatic carbocycles. The lowest BCUT2D eigenvalue weighted by Crippen LogP contribution is -2.21. The molecule has 2 heteroatoms. The predicted molar refractivity (Wildman–Crippen MR) is 82.7 cm³/mol. The number of nitrogens with one attached hydrogen (secondary N) is 1. The molecular weight excluding hydrogens is 234 g/mol. The van der Waals surface area contributed by atoms with Gasteiger partial charge in [0.25, 0.3) is 0 Å². The average Bonchev–Trinajstić information content (AvgIpc) is 2.37. The van der Waals surface area contributed by atoms with Gasteiger partial charge in [-0.2, -0.15) is 0 Å². The van der Waals surface area contributed by atoms with Crippen molar-refractivity contribution in [3.63, 3.8) is 0 Å². The minimum Gasteiger partial charge on any atom is -0.379 e. The van der Waals surface area contributed by atoms with E-state index in [4.69, 9.17) is 4.74 Å². The fraction of sp³-hybridized carbons (Fsp3) is 0.647. The van der Waals surface area contributed by atoms with Crippen molar-refractivity contribution >= 4 is 0 Å². The summed E-state index contributed by atoms with van der Waals surface area (Å²) in [4.78, 5) is 0. The molecule has 0 heterocycles. The molecule has 0 aliphatic heterocycles. The standard InChI is InChI=1S/C17H29NO/c1-13(2)16-7-9-17(10-8-16)15(5)18-11-6-12-19-14(3)4/h7-10,13-15,18H,6,11-12H2,1-5H3. The SMILES string of the molecule is CC(C)OCCCNC(C)c1ccc(C(C)C)cc1. The van der Waals surface area contributed by atoms with Crippen LogP contribution < -0.4 is 5.32 Å². The molecule has 0 radical (unpaired) electrons. The van der Waals surface area contributed by atoms with Crippen LogP contribution in [0.4, 0.5) is 0 Å². The van der Waals surface area contributed by atoms with Gasteiger partial charge in [-0.1, -0.05) is 38.1 Å². The molecule has 1 unspecified atom stereocenters. The maximum atomic E-state index is 5.53. The monoisotopic (exact) mass is 263 g/mol. The molecule has 1 aromatic rings. The molecule has 1 N–H and O–H groups in total. The minimum atomic E-state index is 0.334. The first-order valence-corrected chi connectivity index (χ1v) is 7.45. The quantitative estimate of drug-likeness (QED) is 0.707. The zero-order chi connectivity index (χ0) is 14.3. The van der Waals surface area contributed by atoms with Gasteiger partial charge < -0.3 is 10.1 Å². The Morgan fingerprint density at radius 1 is 0.947 bits per heavy atom. The Morgan fingerprint density at radius 3 is 2.05 bits per heavy atom. The van der Waals surface area contributed by atoms with Gasteiger partial charge in [0.2, 0.25) is 0 Å². The van der Waals surface area contributed by atoms with Crippen molar-refractivity contribution in [3.05, 3.63) is 35.4 Å². The molecule has 0 saturated carbocycles. The fourth-order valence-electron chi connectivity index (χ4n) is 2.00. The third-order valence-electron chi connectivity index (χ3n) is 3.33. The van der Waals surface area contributed by atoms with E-state index in [9.17, 15) is 0 Å². The van der Waals surface area contributed by atoms with Gasteiger partial charge in [0, 0.05) is 12.6 Å². The summed E-state index contributed by atoms with van der Waals surface area (Å²) in [5.74, 6) is 0.602. The molecule has 0 aliphatic rings. The van der Waals surface area contributed by atoms with Crippen molar-refractivity contribution in [2.45, 2.75) is 59.1 Å². The van der Waals surface area contributed by atoms with E-state index in [2.05, 4.69) is 64.2 Å². The van der Waals surface area contributed by atoms with Crippen LogP contribution in [0.3, 0.4) is 0 Å². The molecule has 0 fully saturated rings. The molecule has 1 rings (SSSR count). The topological polar surface area (TPSA) is 21.3 Å². The second kappa shape index (κ2) is 8.34. The summed E-state index contributed by atoms with van der Waals surface area (Å²) in [5, 5.41) is 3.54. The molecule has 2 nitrogen and oxygen atoms in total. The van der Waals surface area contributed by atoms with E-state index >= 15 is 0 Å². The van der Waals surface area contributed by atoms with Gasteiger partial charge in [0.1, 0.15) is 0 Å². The first kappa shape index (κ1) is 16.2. The van der Waals surface area contributed by atoms with E-state index in [1.165, 1.54) is 11.1 Å². The Morgan fingerprint density at radius 2 is 1.53 bits per heavy atom. The van der Waals surface area contributed by atoms with Gasteiger partial charge in [0.15, 0.2) is 0 Å². The van der Waals surface area contributed by atoms with E-state index in [0.717, 1.165) is 19.6 Å². The summed E-state index contributed by atoms with van der Waals surface area (Å²) in [6, 6.07) is 9.34. The van der Waals surface area contributed by atoms with Crippen LogP contribution in [0.1, 0.15) is 64.1 Å². The first-order valence-electron chi connectivity index (χ1n) is 7.45. The highest BCUT2D eigenvalue weighted by Crippen LogP contribution is 2.18. The third kappa shape index (κ3) is 6.22. The smallest absolute Gasteiger partial charge is 0.0518 e. The van der Waals surface area contributed by atoms with Crippen LogP contribution in [-0.2, 0) is 4.74 Å². The largest absolute Gasteiger partial charge is 0.379 e. The summed E-state index contributed by atoms with van der Waals surface area (Å²) in [6.07, 6.45) is 1.40. The molecule has 19 heavy (non-hydrogen) atoms. The zero-order valence-electron chi connectivity index (χ0n) is 13.1. The molecule has 0 aliphatic carbocycles. The van der Waals surface area contributed by atoms with E-state index < -0.39 is 0 Å². The summed E-state index contributed by atoms with van der Waals surface area (Å²) < 4.78 is 5.53. The van der Waals surface area contributed by atoms with Crippen molar-refractivity contribution in [2.24, 2.45) is 0 Å². The summed E-state index contributed by atoms with van der Waals surface area (Å²) in [6.45, 7) is 12.7. The van der Waals surface area contributed by atoms with Crippen molar-refractivity contribution in [3.8, 4) is 0 Å². The lowest BCUT2D eigenvalue weighted by atomic mass is 9.99. The van der Waals surface area contributed by atoms with Crippen LogP contribution in [-0.4, -0.2) is 19.3 Å². The van der Waals surface area contributed by atoms with Gasteiger partial charge in [0.05, 0.1) is 6.10 Å². The maximum absolute atomic E-state index is 5.53. The Labute approximate surface area is 118 Å². The minimum absolute atomic E-state index is 0.334. The maximum Gasteiger partial charge on any atom is 0.0518 e. The second-order valence-electron chi connectivity index (χ2n) is 5.77. The summed E-state index contributed by atoms with van der Waals surface area (Å²) in [7, 11) is 0. The summed E-state index contributed by atoms with van der Waals surface area (Å²) in [5.41, 5.74) is 2.76. The molecule has 1 atom stereocenters. The highest BCUT2D eigenvalue weighted by molar-refractivity contribution is 5.26. The Kier molecular flexibility index (Phi) is 7.11. The number of hydrogen-bond donors (Lipinski definition) is 1. The number of ether oxygens (including phenoxy) is 1. The highest BCUT2D eigenvalue weighted by Gasteiger charge is 2.05. The lowest BCUT2D eigenvalue weighted by molar-refractivity contribution is 0.0768. The van der Waals surface area contributed by atoms with Crippen LogP contribution >= 0.6 is 0 Å². The van der Waals surface area contributed by atoms with Gasteiger partial charge in [-0.25, -0.2) is 0 Å². The number of hydrogen-bond acceptors (Lipinski definition) is 2. The van der Waals surface area contributed by atoms with Crippen LogP contribution in [0.5, 0.6) is 0 Å². The van der Waals surface area contributed by atoms with Crippen LogP contribution in [0.25, 0.3) is 0 Å². The predicted octanol–water partition coefficient (Wildman–Crippen LogP) is 4.28. The van der Waals surface area contributed by atoms with E-state index in [1.807, 2.05) is 0 Å². The molecule has 0 saturated heterocycles. The number of rotatable bonds is 8. The Bertz CT molecular complexity index is 343. The lowest BCUT2D eigenvalue weighted by Gasteiger charge is -2.16. The molecule has 0 amide bonds. The van der Waals surface area contributed by atoms with Crippen molar-refractivity contribution in [2.75, 3.05) is 13.2 Å². The molecule has 0 bridgehead atoms. The first-order chi connectivity index (χ1) is 9.00. The van der Waals surface area contributed by atoms with Gasteiger partial charge in [-0.3, -0.25) is 0 Å². The van der Waals surface area contributed by atoms with Gasteiger partial charge in [-0.05, 0) is 50.8 Å². The highest BCUT2D eigenvalue weighted by atomic mass is 16.5. The van der Waals surface area contributed by atoms with Crippen molar-refractivity contribution in [1.82, 2.24) is 5.32 Å². The normalized spacial score (nSPS) is 13.2. The van der Waals surface area contributed by atoms with Crippen molar-refractivity contribution in [1.29, 1.82) is 0 Å². The Hall–Kier alpha value is -0.860. The molecule has 0 spiro atoms. The van der Waals surface area contributed by atoms with Crippen LogP contribution in [0.2, 0.25) is 0 Å². The fourth-order valence-corrected chi connectivity index (χ4v) is 2.00. The van der Waals surface area contributed by atoms with Gasteiger partial charge in [-0.15, -0.1) is 0 Å². The molecule has 0 aromatic heterocycles. The molecular formula is C17H29NO. The van der Waals surface area contributed by atoms with Crippen LogP contribution in [0.15, 0.2) is 24.3 Å².